The van der Waals surface area contributed by atoms with Gasteiger partial charge in [-0.3, -0.25) is 4.79 Å². The van der Waals surface area contributed by atoms with Gasteiger partial charge in [-0.1, -0.05) is 12.1 Å². The van der Waals surface area contributed by atoms with Crippen LogP contribution in [0.1, 0.15) is 33.6 Å². The van der Waals surface area contributed by atoms with E-state index in [-0.39, 0.29) is 37.1 Å². The topological polar surface area (TPSA) is 114 Å². The summed E-state index contributed by atoms with van der Waals surface area (Å²) in [6.45, 7) is 0.313. The number of thiol groups is 1. The smallest absolute Gasteiger partial charge is 0.366 e. The largest absolute Gasteiger partial charge is 0.433 e. The summed E-state index contributed by atoms with van der Waals surface area (Å²) in [5, 5.41) is 5.43. The maximum Gasteiger partial charge on any atom is 0.433 e. The van der Waals surface area contributed by atoms with Crippen LogP contribution in [0.25, 0.3) is 0 Å². The van der Waals surface area contributed by atoms with Crippen LogP contribution in [-0.4, -0.2) is 31.6 Å². The van der Waals surface area contributed by atoms with Crippen LogP contribution in [0.15, 0.2) is 36.4 Å². The lowest BCUT2D eigenvalue weighted by Gasteiger charge is -2.12. The number of pyridine rings is 1. The Hall–Kier alpha value is -2.66. The van der Waals surface area contributed by atoms with Gasteiger partial charge in [-0.05, 0) is 41.8 Å². The number of alkyl halides is 3. The molecule has 1 aromatic carbocycles. The predicted molar refractivity (Wildman–Crippen MR) is 103 cm³/mol. The van der Waals surface area contributed by atoms with Crippen molar-refractivity contribution >= 4 is 22.4 Å². The van der Waals surface area contributed by atoms with Crippen LogP contribution in [0.2, 0.25) is 0 Å². The first kappa shape index (κ1) is 22.6. The molecule has 1 amide bonds. The van der Waals surface area contributed by atoms with Gasteiger partial charge < -0.3 is 16.4 Å². The molecule has 29 heavy (non-hydrogen) atoms. The van der Waals surface area contributed by atoms with Crippen molar-refractivity contribution in [2.75, 3.05) is 17.6 Å². The molecular formula is C18H21F3N4O3S. The van der Waals surface area contributed by atoms with Crippen molar-refractivity contribution in [3.63, 3.8) is 0 Å². The maximum atomic E-state index is 13.0. The number of benzene rings is 1. The lowest BCUT2D eigenvalue weighted by Crippen LogP contribution is -2.25. The number of hydrogen-bond donors (Lipinski definition) is 4. The van der Waals surface area contributed by atoms with Crippen molar-refractivity contribution in [2.45, 2.75) is 25.7 Å². The number of carbonyl (C=O) groups excluding carboxylic acids is 1. The van der Waals surface area contributed by atoms with Crippen LogP contribution in [0.3, 0.4) is 0 Å². The number of nitrogens with zero attached hydrogens (tertiary/aromatic N) is 1. The van der Waals surface area contributed by atoms with Gasteiger partial charge in [0.25, 0.3) is 5.91 Å². The molecule has 0 saturated carbocycles. The molecule has 11 heteroatoms. The number of anilines is 1. The molecule has 0 saturated heterocycles. The molecular weight excluding hydrogens is 409 g/mol. The average molecular weight is 430 g/mol. The highest BCUT2D eigenvalue weighted by molar-refractivity contribution is 7.72. The molecule has 2 aromatic rings. The first-order chi connectivity index (χ1) is 13.7. The Labute approximate surface area is 167 Å². The SMILES string of the molecule is NCc1cc(NCc2cccc(C(=O)NCCC[SH](=O)=O)c2)nc(C(F)(F)F)c1. The second-order valence-corrected chi connectivity index (χ2v) is 7.28. The molecule has 7 nitrogen and oxygen atoms in total. The monoisotopic (exact) mass is 430 g/mol. The molecule has 1 aromatic heterocycles. The standard InChI is InChI=1S/C18H21F3N4O3S/c19-18(20,21)15-8-13(10-22)9-16(25-15)24-11-12-3-1-4-14(7-12)17(26)23-5-2-6-29(27)28/h1,3-4,7-9,29H,2,5-6,10-11,22H2,(H,23,26)(H,24,25). The first-order valence-electron chi connectivity index (χ1n) is 8.70. The van der Waals surface area contributed by atoms with E-state index in [2.05, 4.69) is 15.6 Å². The van der Waals surface area contributed by atoms with Crippen LogP contribution >= 0.6 is 0 Å². The van der Waals surface area contributed by atoms with Gasteiger partial charge in [-0.2, -0.15) is 13.2 Å². The number of hydrogen-bond acceptors (Lipinski definition) is 6. The van der Waals surface area contributed by atoms with Crippen molar-refractivity contribution < 1.29 is 26.4 Å². The molecule has 0 fully saturated rings. The zero-order valence-electron chi connectivity index (χ0n) is 15.3. The number of carbonyl (C=O) groups is 1. The van der Waals surface area contributed by atoms with Gasteiger partial charge in [0.2, 0.25) is 0 Å². The Morgan fingerprint density at radius 1 is 1.14 bits per heavy atom. The highest BCUT2D eigenvalue weighted by Crippen LogP contribution is 2.29. The molecule has 0 aliphatic rings. The van der Waals surface area contributed by atoms with Gasteiger partial charge in [0.1, 0.15) is 22.2 Å². The van der Waals surface area contributed by atoms with E-state index in [1.165, 1.54) is 6.07 Å². The second-order valence-electron chi connectivity index (χ2n) is 6.17. The highest BCUT2D eigenvalue weighted by atomic mass is 32.2. The van der Waals surface area contributed by atoms with Crippen molar-refractivity contribution in [1.82, 2.24) is 10.3 Å². The predicted octanol–water partition coefficient (Wildman–Crippen LogP) is 1.90. The van der Waals surface area contributed by atoms with Crippen LogP contribution in [-0.2, 0) is 30.0 Å². The molecule has 0 bridgehead atoms. The summed E-state index contributed by atoms with van der Waals surface area (Å²) >= 11 is 0. The number of aromatic nitrogens is 1. The molecule has 2 rings (SSSR count). The minimum Gasteiger partial charge on any atom is -0.366 e. The summed E-state index contributed by atoms with van der Waals surface area (Å²) in [5.41, 5.74) is 5.74. The number of nitrogens with one attached hydrogen (secondary N) is 2. The number of halogens is 3. The molecule has 0 atom stereocenters. The molecule has 158 valence electrons. The van der Waals surface area contributed by atoms with E-state index < -0.39 is 22.6 Å². The molecule has 0 spiro atoms. The summed E-state index contributed by atoms with van der Waals surface area (Å²) < 4.78 is 59.9. The molecule has 1 heterocycles. The third kappa shape index (κ3) is 7.35. The summed E-state index contributed by atoms with van der Waals surface area (Å²) in [4.78, 5) is 15.7. The van der Waals surface area contributed by atoms with E-state index in [0.717, 1.165) is 6.07 Å². The van der Waals surface area contributed by atoms with Crippen LogP contribution in [0.5, 0.6) is 0 Å². The van der Waals surface area contributed by atoms with Gasteiger partial charge in [0, 0.05) is 31.0 Å². The normalized spacial score (nSPS) is 11.5. The van der Waals surface area contributed by atoms with E-state index in [0.29, 0.717) is 23.1 Å². The van der Waals surface area contributed by atoms with Crippen molar-refractivity contribution in [1.29, 1.82) is 0 Å². The number of rotatable bonds is 9. The van der Waals surface area contributed by atoms with E-state index >= 15 is 0 Å². The Kier molecular flexibility index (Phi) is 7.97. The number of amides is 1. The molecule has 4 N–H and O–H groups in total. The van der Waals surface area contributed by atoms with Crippen LogP contribution in [0, 0.1) is 0 Å². The maximum absolute atomic E-state index is 13.0. The number of nitrogens with two attached hydrogens (primary N) is 1. The van der Waals surface area contributed by atoms with Crippen molar-refractivity contribution in [3.8, 4) is 0 Å². The van der Waals surface area contributed by atoms with Crippen molar-refractivity contribution in [3.05, 3.63) is 58.8 Å². The van der Waals surface area contributed by atoms with Gasteiger partial charge in [0.15, 0.2) is 0 Å². The Morgan fingerprint density at radius 3 is 2.55 bits per heavy atom. The van der Waals surface area contributed by atoms with Gasteiger partial charge in [-0.15, -0.1) is 0 Å². The fourth-order valence-electron chi connectivity index (χ4n) is 2.47. The fourth-order valence-corrected chi connectivity index (χ4v) is 2.88. The third-order valence-electron chi connectivity index (χ3n) is 3.88. The molecule has 0 radical (unpaired) electrons. The Balaban J connectivity index is 2.03. The summed E-state index contributed by atoms with van der Waals surface area (Å²) in [5.74, 6) is -0.341. The molecule has 0 unspecified atom stereocenters. The lowest BCUT2D eigenvalue weighted by molar-refractivity contribution is -0.141. The molecule has 0 aliphatic heterocycles. The van der Waals surface area contributed by atoms with Crippen molar-refractivity contribution in [2.24, 2.45) is 5.73 Å². The van der Waals surface area contributed by atoms with Crippen LogP contribution in [0.4, 0.5) is 19.0 Å². The van der Waals surface area contributed by atoms with E-state index in [1.807, 2.05) is 0 Å². The second kappa shape index (κ2) is 10.2. The highest BCUT2D eigenvalue weighted by Gasteiger charge is 2.33. The fraction of sp³-hybridized carbons (Fsp3) is 0.333. The van der Waals surface area contributed by atoms with E-state index in [4.69, 9.17) is 5.73 Å². The zero-order valence-corrected chi connectivity index (χ0v) is 16.2. The minimum absolute atomic E-state index is 0.00560. The first-order valence-corrected chi connectivity index (χ1v) is 10.1. The minimum atomic E-state index is -4.58. The summed E-state index contributed by atoms with van der Waals surface area (Å²) in [6.07, 6.45) is -4.27. The van der Waals surface area contributed by atoms with Gasteiger partial charge in [0.05, 0.1) is 0 Å². The Bertz CT molecular complexity index is 925. The van der Waals surface area contributed by atoms with E-state index in [9.17, 15) is 26.4 Å². The zero-order chi connectivity index (χ0) is 21.4. The van der Waals surface area contributed by atoms with Gasteiger partial charge >= 0.3 is 6.18 Å². The van der Waals surface area contributed by atoms with Gasteiger partial charge in [-0.25, -0.2) is 13.4 Å². The van der Waals surface area contributed by atoms with E-state index in [1.54, 1.807) is 24.3 Å². The quantitative estimate of drug-likeness (QED) is 0.357. The average Bonchev–Trinajstić information content (AvgIpc) is 2.68. The Morgan fingerprint density at radius 2 is 1.90 bits per heavy atom. The summed E-state index contributed by atoms with van der Waals surface area (Å²) in [6, 6.07) is 8.87. The molecule has 0 aliphatic carbocycles. The van der Waals surface area contributed by atoms with Crippen LogP contribution < -0.4 is 16.4 Å². The third-order valence-corrected chi connectivity index (χ3v) is 4.56. The summed E-state index contributed by atoms with van der Waals surface area (Å²) in [7, 11) is -2.48. The lowest BCUT2D eigenvalue weighted by atomic mass is 10.1.